The SMILES string of the molecule is Cc1cccc(CNC(=O)Cc2csc(CN(C)C)n2)c1. The number of aromatic nitrogens is 1. The maximum absolute atomic E-state index is 11.9. The lowest BCUT2D eigenvalue weighted by Gasteiger charge is -2.06. The van der Waals surface area contributed by atoms with Gasteiger partial charge in [0.05, 0.1) is 12.1 Å². The van der Waals surface area contributed by atoms with Crippen LogP contribution in [0, 0.1) is 6.92 Å². The number of carbonyl (C=O) groups is 1. The molecule has 0 atom stereocenters. The molecule has 4 nitrogen and oxygen atoms in total. The van der Waals surface area contributed by atoms with E-state index in [0.717, 1.165) is 22.8 Å². The molecule has 0 aliphatic rings. The Hall–Kier alpha value is -1.72. The molecule has 0 radical (unpaired) electrons. The smallest absolute Gasteiger partial charge is 0.226 e. The minimum absolute atomic E-state index is 0.0122. The maximum Gasteiger partial charge on any atom is 0.226 e. The van der Waals surface area contributed by atoms with Gasteiger partial charge in [0.2, 0.25) is 5.91 Å². The summed E-state index contributed by atoms with van der Waals surface area (Å²) in [5, 5.41) is 5.95. The summed E-state index contributed by atoms with van der Waals surface area (Å²) < 4.78 is 0. The number of hydrogen-bond donors (Lipinski definition) is 1. The number of thiazole rings is 1. The van der Waals surface area contributed by atoms with Gasteiger partial charge in [0.25, 0.3) is 0 Å². The van der Waals surface area contributed by atoms with Crippen molar-refractivity contribution in [3.05, 3.63) is 51.5 Å². The van der Waals surface area contributed by atoms with Crippen LogP contribution in [0.2, 0.25) is 0 Å². The zero-order valence-electron chi connectivity index (χ0n) is 12.7. The highest BCUT2D eigenvalue weighted by Crippen LogP contribution is 2.11. The molecule has 112 valence electrons. The highest BCUT2D eigenvalue weighted by molar-refractivity contribution is 7.09. The fourth-order valence-corrected chi connectivity index (χ4v) is 2.93. The van der Waals surface area contributed by atoms with Crippen molar-refractivity contribution in [2.24, 2.45) is 0 Å². The van der Waals surface area contributed by atoms with E-state index in [0.29, 0.717) is 13.0 Å². The average molecular weight is 303 g/mol. The molecule has 0 saturated carbocycles. The van der Waals surface area contributed by atoms with E-state index in [4.69, 9.17) is 0 Å². The van der Waals surface area contributed by atoms with E-state index in [2.05, 4.69) is 21.3 Å². The summed E-state index contributed by atoms with van der Waals surface area (Å²) in [6, 6.07) is 8.15. The van der Waals surface area contributed by atoms with Crippen LogP contribution in [0.5, 0.6) is 0 Å². The summed E-state index contributed by atoms with van der Waals surface area (Å²) in [7, 11) is 4.02. The number of benzene rings is 1. The Morgan fingerprint density at radius 2 is 2.19 bits per heavy atom. The predicted molar refractivity (Wildman–Crippen MR) is 86.2 cm³/mol. The lowest BCUT2D eigenvalue weighted by Crippen LogP contribution is -2.24. The maximum atomic E-state index is 11.9. The molecule has 1 aromatic heterocycles. The Bertz CT molecular complexity index is 607. The fourth-order valence-electron chi connectivity index (χ4n) is 2.02. The number of nitrogens with zero attached hydrogens (tertiary/aromatic N) is 2. The van der Waals surface area contributed by atoms with Gasteiger partial charge in [-0.15, -0.1) is 11.3 Å². The van der Waals surface area contributed by atoms with Crippen LogP contribution >= 0.6 is 11.3 Å². The normalized spacial score (nSPS) is 10.9. The lowest BCUT2D eigenvalue weighted by molar-refractivity contribution is -0.120. The van der Waals surface area contributed by atoms with E-state index in [9.17, 15) is 4.79 Å². The standard InChI is InChI=1S/C16H21N3OS/c1-12-5-4-6-13(7-12)9-17-15(20)8-14-11-21-16(18-14)10-19(2)3/h4-7,11H,8-10H2,1-3H3,(H,17,20). The number of carbonyl (C=O) groups excluding carboxylic acids is 1. The van der Waals surface area contributed by atoms with E-state index in [1.807, 2.05) is 44.6 Å². The molecule has 21 heavy (non-hydrogen) atoms. The van der Waals surface area contributed by atoms with E-state index < -0.39 is 0 Å². The Balaban J connectivity index is 1.83. The van der Waals surface area contributed by atoms with Crippen LogP contribution in [0.4, 0.5) is 0 Å². The summed E-state index contributed by atoms with van der Waals surface area (Å²) in [5.74, 6) is 0.0122. The first-order valence-corrected chi connectivity index (χ1v) is 7.81. The minimum atomic E-state index is 0.0122. The first kappa shape index (κ1) is 15.7. The van der Waals surface area contributed by atoms with Gasteiger partial charge in [-0.2, -0.15) is 0 Å². The van der Waals surface area contributed by atoms with Gasteiger partial charge in [-0.25, -0.2) is 4.98 Å². The Kier molecular flexibility index (Phi) is 5.47. The first-order valence-electron chi connectivity index (χ1n) is 6.93. The predicted octanol–water partition coefficient (Wildman–Crippen LogP) is 2.37. The molecular weight excluding hydrogens is 282 g/mol. The quantitative estimate of drug-likeness (QED) is 0.891. The number of aryl methyl sites for hydroxylation is 1. The van der Waals surface area contributed by atoms with Gasteiger partial charge in [0.1, 0.15) is 5.01 Å². The molecule has 0 bridgehead atoms. The number of hydrogen-bond acceptors (Lipinski definition) is 4. The Morgan fingerprint density at radius 3 is 2.90 bits per heavy atom. The molecule has 0 fully saturated rings. The highest BCUT2D eigenvalue weighted by atomic mass is 32.1. The monoisotopic (exact) mass is 303 g/mol. The molecule has 5 heteroatoms. The van der Waals surface area contributed by atoms with Crippen molar-refractivity contribution >= 4 is 17.2 Å². The van der Waals surface area contributed by atoms with Crippen LogP contribution in [0.25, 0.3) is 0 Å². The van der Waals surface area contributed by atoms with Gasteiger partial charge in [-0.05, 0) is 26.6 Å². The Labute approximate surface area is 129 Å². The van der Waals surface area contributed by atoms with Crippen LogP contribution in [0.15, 0.2) is 29.6 Å². The molecule has 2 rings (SSSR count). The van der Waals surface area contributed by atoms with Gasteiger partial charge in [0.15, 0.2) is 0 Å². The van der Waals surface area contributed by atoms with Crippen molar-refractivity contribution in [2.75, 3.05) is 14.1 Å². The largest absolute Gasteiger partial charge is 0.352 e. The molecule has 1 heterocycles. The van der Waals surface area contributed by atoms with Crippen molar-refractivity contribution in [1.82, 2.24) is 15.2 Å². The molecule has 0 unspecified atom stereocenters. The zero-order chi connectivity index (χ0) is 15.2. The van der Waals surface area contributed by atoms with Gasteiger partial charge in [-0.1, -0.05) is 29.8 Å². The van der Waals surface area contributed by atoms with E-state index in [1.165, 1.54) is 5.56 Å². The summed E-state index contributed by atoms with van der Waals surface area (Å²) in [6.45, 7) is 3.43. The highest BCUT2D eigenvalue weighted by Gasteiger charge is 2.08. The second-order valence-corrected chi connectivity index (χ2v) is 6.36. The summed E-state index contributed by atoms with van der Waals surface area (Å²) in [4.78, 5) is 18.5. The summed E-state index contributed by atoms with van der Waals surface area (Å²) >= 11 is 1.60. The molecule has 1 aromatic carbocycles. The molecule has 1 amide bonds. The molecule has 0 saturated heterocycles. The summed E-state index contributed by atoms with van der Waals surface area (Å²) in [6.07, 6.45) is 0.343. The van der Waals surface area contributed by atoms with Gasteiger partial charge in [-0.3, -0.25) is 4.79 Å². The number of rotatable bonds is 6. The van der Waals surface area contributed by atoms with Crippen LogP contribution in [-0.2, 0) is 24.3 Å². The van der Waals surface area contributed by atoms with Crippen LogP contribution in [-0.4, -0.2) is 29.9 Å². The second-order valence-electron chi connectivity index (χ2n) is 5.41. The molecule has 0 spiro atoms. The van der Waals surface area contributed by atoms with Crippen molar-refractivity contribution < 1.29 is 4.79 Å². The van der Waals surface area contributed by atoms with Crippen molar-refractivity contribution in [1.29, 1.82) is 0 Å². The fraction of sp³-hybridized carbons (Fsp3) is 0.375. The molecular formula is C16H21N3OS. The van der Waals surface area contributed by atoms with Crippen LogP contribution in [0.3, 0.4) is 0 Å². The van der Waals surface area contributed by atoms with Crippen LogP contribution < -0.4 is 5.32 Å². The lowest BCUT2D eigenvalue weighted by atomic mass is 10.1. The van der Waals surface area contributed by atoms with Crippen LogP contribution in [0.1, 0.15) is 21.8 Å². The van der Waals surface area contributed by atoms with E-state index >= 15 is 0 Å². The number of nitrogens with one attached hydrogen (secondary N) is 1. The van der Waals surface area contributed by atoms with E-state index in [-0.39, 0.29) is 5.91 Å². The van der Waals surface area contributed by atoms with Gasteiger partial charge in [0, 0.05) is 18.5 Å². The Morgan fingerprint density at radius 1 is 1.38 bits per heavy atom. The molecule has 0 aliphatic carbocycles. The van der Waals surface area contributed by atoms with E-state index in [1.54, 1.807) is 11.3 Å². The third kappa shape index (κ3) is 5.28. The second kappa shape index (κ2) is 7.33. The van der Waals surface area contributed by atoms with Crippen molar-refractivity contribution in [2.45, 2.75) is 26.4 Å². The summed E-state index contributed by atoms with van der Waals surface area (Å²) in [5.41, 5.74) is 3.17. The zero-order valence-corrected chi connectivity index (χ0v) is 13.5. The van der Waals surface area contributed by atoms with Crippen molar-refractivity contribution in [3.63, 3.8) is 0 Å². The topological polar surface area (TPSA) is 45.2 Å². The molecule has 0 aliphatic heterocycles. The first-order chi connectivity index (χ1) is 10.0. The van der Waals surface area contributed by atoms with Gasteiger partial charge >= 0.3 is 0 Å². The third-order valence-electron chi connectivity index (χ3n) is 2.96. The number of amides is 1. The molecule has 1 N–H and O–H groups in total. The third-order valence-corrected chi connectivity index (χ3v) is 3.85. The molecule has 2 aromatic rings. The minimum Gasteiger partial charge on any atom is -0.352 e. The van der Waals surface area contributed by atoms with Crippen molar-refractivity contribution in [3.8, 4) is 0 Å². The van der Waals surface area contributed by atoms with Gasteiger partial charge < -0.3 is 10.2 Å². The average Bonchev–Trinajstić information content (AvgIpc) is 2.83.